The SMILES string of the molecule is CCN1C(=O)OCc2cnc(N[C@@H](C)c3ccc(COC4CNC4)cc3)nc21. The van der Waals surface area contributed by atoms with Gasteiger partial charge in [0.1, 0.15) is 12.4 Å². The van der Waals surface area contributed by atoms with Crippen LogP contribution in [0.15, 0.2) is 30.5 Å². The molecule has 2 aliphatic heterocycles. The number of aromatic nitrogens is 2. The Kier molecular flexibility index (Phi) is 5.40. The number of benzene rings is 1. The van der Waals surface area contributed by atoms with Crippen LogP contribution >= 0.6 is 0 Å². The van der Waals surface area contributed by atoms with Crippen LogP contribution in [0.25, 0.3) is 0 Å². The number of hydrogen-bond acceptors (Lipinski definition) is 7. The fourth-order valence-electron chi connectivity index (χ4n) is 3.16. The molecule has 8 nitrogen and oxygen atoms in total. The van der Waals surface area contributed by atoms with Gasteiger partial charge in [0, 0.05) is 25.8 Å². The average molecular weight is 383 g/mol. The van der Waals surface area contributed by atoms with E-state index in [0.29, 0.717) is 31.0 Å². The van der Waals surface area contributed by atoms with E-state index in [4.69, 9.17) is 9.47 Å². The molecule has 1 saturated heterocycles. The number of carbonyl (C=O) groups is 1. The predicted octanol–water partition coefficient (Wildman–Crippen LogP) is 2.61. The normalized spacial score (nSPS) is 17.5. The van der Waals surface area contributed by atoms with E-state index in [-0.39, 0.29) is 18.7 Å². The third kappa shape index (κ3) is 3.93. The van der Waals surface area contributed by atoms with Crippen molar-refractivity contribution < 1.29 is 14.3 Å². The zero-order valence-electron chi connectivity index (χ0n) is 16.1. The first kappa shape index (κ1) is 18.6. The maximum Gasteiger partial charge on any atom is 0.415 e. The molecular weight excluding hydrogens is 358 g/mol. The summed E-state index contributed by atoms with van der Waals surface area (Å²) >= 11 is 0. The molecule has 28 heavy (non-hydrogen) atoms. The Bertz CT molecular complexity index is 838. The lowest BCUT2D eigenvalue weighted by atomic mass is 10.1. The number of nitrogens with zero attached hydrogens (tertiary/aromatic N) is 3. The summed E-state index contributed by atoms with van der Waals surface area (Å²) in [6, 6.07) is 8.37. The maximum absolute atomic E-state index is 11.9. The van der Waals surface area contributed by atoms with Crippen molar-refractivity contribution in [3.63, 3.8) is 0 Å². The Morgan fingerprint density at radius 2 is 2.14 bits per heavy atom. The molecule has 2 N–H and O–H groups in total. The van der Waals surface area contributed by atoms with Gasteiger partial charge in [-0.05, 0) is 25.0 Å². The smallest absolute Gasteiger partial charge is 0.415 e. The summed E-state index contributed by atoms with van der Waals surface area (Å²) in [6.45, 7) is 7.16. The second-order valence-electron chi connectivity index (χ2n) is 7.04. The molecule has 1 fully saturated rings. The third-order valence-electron chi connectivity index (χ3n) is 5.04. The molecule has 1 aromatic carbocycles. The van der Waals surface area contributed by atoms with Crippen LogP contribution in [0.3, 0.4) is 0 Å². The van der Waals surface area contributed by atoms with Crippen molar-refractivity contribution in [3.8, 4) is 0 Å². The van der Waals surface area contributed by atoms with E-state index < -0.39 is 0 Å². The second-order valence-corrected chi connectivity index (χ2v) is 7.04. The Morgan fingerprint density at radius 3 is 2.82 bits per heavy atom. The lowest BCUT2D eigenvalue weighted by Crippen LogP contribution is -2.48. The van der Waals surface area contributed by atoms with E-state index in [9.17, 15) is 4.79 Å². The lowest BCUT2D eigenvalue weighted by molar-refractivity contribution is 0.00758. The summed E-state index contributed by atoms with van der Waals surface area (Å²) in [4.78, 5) is 22.3. The maximum atomic E-state index is 11.9. The standard InChI is InChI=1S/C20H25N5O3/c1-3-25-18-16(12-28-20(25)26)8-22-19(24-18)23-13(2)15-6-4-14(5-7-15)11-27-17-9-21-10-17/h4-8,13,17,21H,3,9-12H2,1-2H3,(H,22,23,24)/t13-/m0/s1. The Labute approximate surface area is 164 Å². The monoisotopic (exact) mass is 383 g/mol. The highest BCUT2D eigenvalue weighted by Crippen LogP contribution is 2.26. The molecule has 2 aromatic rings. The Balaban J connectivity index is 1.41. The van der Waals surface area contributed by atoms with Crippen molar-refractivity contribution in [1.82, 2.24) is 15.3 Å². The largest absolute Gasteiger partial charge is 0.444 e. The summed E-state index contributed by atoms with van der Waals surface area (Å²) < 4.78 is 10.9. The molecule has 0 unspecified atom stereocenters. The number of rotatable bonds is 7. The lowest BCUT2D eigenvalue weighted by Gasteiger charge is -2.27. The molecule has 4 rings (SSSR count). The van der Waals surface area contributed by atoms with E-state index in [1.807, 2.05) is 6.92 Å². The summed E-state index contributed by atoms with van der Waals surface area (Å²) in [5.41, 5.74) is 3.10. The van der Waals surface area contributed by atoms with Gasteiger partial charge in [0.15, 0.2) is 0 Å². The van der Waals surface area contributed by atoms with Gasteiger partial charge in [-0.25, -0.2) is 9.78 Å². The molecule has 1 aromatic heterocycles. The minimum atomic E-state index is -0.372. The van der Waals surface area contributed by atoms with Gasteiger partial charge >= 0.3 is 6.09 Å². The van der Waals surface area contributed by atoms with Crippen LogP contribution in [0.2, 0.25) is 0 Å². The van der Waals surface area contributed by atoms with Crippen molar-refractivity contribution in [2.24, 2.45) is 0 Å². The fraction of sp³-hybridized carbons (Fsp3) is 0.450. The number of anilines is 2. The van der Waals surface area contributed by atoms with Crippen molar-refractivity contribution in [1.29, 1.82) is 0 Å². The van der Waals surface area contributed by atoms with E-state index in [1.54, 1.807) is 6.20 Å². The molecule has 148 valence electrons. The van der Waals surface area contributed by atoms with Gasteiger partial charge in [-0.2, -0.15) is 4.98 Å². The third-order valence-corrected chi connectivity index (χ3v) is 5.04. The first-order valence-corrected chi connectivity index (χ1v) is 9.62. The molecule has 0 aliphatic carbocycles. The molecule has 0 saturated carbocycles. The minimum absolute atomic E-state index is 0.0227. The zero-order valence-corrected chi connectivity index (χ0v) is 16.1. The molecule has 1 atom stereocenters. The first-order chi connectivity index (χ1) is 13.6. The highest BCUT2D eigenvalue weighted by Gasteiger charge is 2.26. The fourth-order valence-corrected chi connectivity index (χ4v) is 3.16. The number of hydrogen-bond donors (Lipinski definition) is 2. The molecule has 2 aliphatic rings. The summed E-state index contributed by atoms with van der Waals surface area (Å²) in [5.74, 6) is 1.10. The van der Waals surface area contributed by atoms with Crippen LogP contribution in [0.5, 0.6) is 0 Å². The van der Waals surface area contributed by atoms with E-state index in [1.165, 1.54) is 4.90 Å². The van der Waals surface area contributed by atoms with Gasteiger partial charge in [-0.15, -0.1) is 0 Å². The second kappa shape index (κ2) is 8.12. The molecule has 0 bridgehead atoms. The van der Waals surface area contributed by atoms with E-state index in [2.05, 4.69) is 51.8 Å². The molecular formula is C20H25N5O3. The number of carbonyl (C=O) groups excluding carboxylic acids is 1. The molecule has 0 spiro atoms. The summed E-state index contributed by atoms with van der Waals surface area (Å²) in [7, 11) is 0. The first-order valence-electron chi connectivity index (χ1n) is 9.62. The zero-order chi connectivity index (χ0) is 19.5. The van der Waals surface area contributed by atoms with Crippen molar-refractivity contribution >= 4 is 17.9 Å². The van der Waals surface area contributed by atoms with Gasteiger partial charge < -0.3 is 20.1 Å². The van der Waals surface area contributed by atoms with Gasteiger partial charge in [-0.1, -0.05) is 24.3 Å². The number of ether oxygens (including phenoxy) is 2. The van der Waals surface area contributed by atoms with Crippen LogP contribution in [0, 0.1) is 0 Å². The number of fused-ring (bicyclic) bond motifs is 1. The number of nitrogens with one attached hydrogen (secondary N) is 2. The van der Waals surface area contributed by atoms with E-state index in [0.717, 1.165) is 29.8 Å². The van der Waals surface area contributed by atoms with Crippen LogP contribution in [-0.2, 0) is 22.7 Å². The van der Waals surface area contributed by atoms with Crippen LogP contribution in [-0.4, -0.2) is 41.8 Å². The predicted molar refractivity (Wildman–Crippen MR) is 105 cm³/mol. The summed E-state index contributed by atoms with van der Waals surface area (Å²) in [5, 5.41) is 6.51. The minimum Gasteiger partial charge on any atom is -0.444 e. The van der Waals surface area contributed by atoms with Crippen LogP contribution in [0.1, 0.15) is 36.6 Å². The highest BCUT2D eigenvalue weighted by molar-refractivity contribution is 5.89. The van der Waals surface area contributed by atoms with E-state index >= 15 is 0 Å². The highest BCUT2D eigenvalue weighted by atomic mass is 16.6. The Hall–Kier alpha value is -2.71. The quantitative estimate of drug-likeness (QED) is 0.760. The van der Waals surface area contributed by atoms with Crippen molar-refractivity contribution in [2.45, 2.75) is 39.2 Å². The molecule has 3 heterocycles. The van der Waals surface area contributed by atoms with Gasteiger partial charge in [0.05, 0.1) is 24.3 Å². The molecule has 1 amide bonds. The van der Waals surface area contributed by atoms with Gasteiger partial charge in [0.2, 0.25) is 5.95 Å². The van der Waals surface area contributed by atoms with Gasteiger partial charge in [-0.3, -0.25) is 4.90 Å². The number of cyclic esters (lactones) is 1. The Morgan fingerprint density at radius 1 is 1.36 bits per heavy atom. The number of amides is 1. The van der Waals surface area contributed by atoms with Crippen molar-refractivity contribution in [2.75, 3.05) is 29.9 Å². The van der Waals surface area contributed by atoms with Crippen molar-refractivity contribution in [3.05, 3.63) is 47.2 Å². The van der Waals surface area contributed by atoms with Crippen LogP contribution < -0.4 is 15.5 Å². The van der Waals surface area contributed by atoms with Gasteiger partial charge in [0.25, 0.3) is 0 Å². The molecule has 8 heteroatoms. The summed E-state index contributed by atoms with van der Waals surface area (Å²) in [6.07, 6.45) is 1.67. The average Bonchev–Trinajstić information content (AvgIpc) is 2.67. The topological polar surface area (TPSA) is 88.6 Å². The van der Waals surface area contributed by atoms with Crippen LogP contribution in [0.4, 0.5) is 16.6 Å². The molecule has 0 radical (unpaired) electrons.